The second-order valence-electron chi connectivity index (χ2n) is 4.63. The lowest BCUT2D eigenvalue weighted by molar-refractivity contribution is -0.140. The zero-order valence-electron chi connectivity index (χ0n) is 10.1. The number of rotatable bonds is 2. The molecule has 1 aromatic carbocycles. The number of fused-ring (bicyclic) bond motifs is 1. The second kappa shape index (κ2) is 4.77. The van der Waals surface area contributed by atoms with Crippen molar-refractivity contribution in [3.63, 3.8) is 0 Å². The lowest BCUT2D eigenvalue weighted by Gasteiger charge is -2.18. The first-order valence-corrected chi connectivity index (χ1v) is 6.82. The third-order valence-electron chi connectivity index (χ3n) is 3.41. The standard InChI is InChI=1S/C13H12BrN3O2/c14-9-1-2-10-11(5-9)15-7-16-12(10)17-4-3-8(6-17)13(18)19/h1-2,5,7-8H,3-4,6H2,(H,18,19). The summed E-state index contributed by atoms with van der Waals surface area (Å²) in [6.45, 7) is 1.23. The molecule has 1 atom stereocenters. The molecule has 98 valence electrons. The minimum absolute atomic E-state index is 0.305. The summed E-state index contributed by atoms with van der Waals surface area (Å²) in [7, 11) is 0. The quantitative estimate of drug-likeness (QED) is 0.919. The Morgan fingerprint density at radius 1 is 1.42 bits per heavy atom. The van der Waals surface area contributed by atoms with Crippen molar-refractivity contribution in [2.24, 2.45) is 5.92 Å². The van der Waals surface area contributed by atoms with E-state index in [0.717, 1.165) is 27.7 Å². The molecular formula is C13H12BrN3O2. The molecule has 2 aromatic rings. The number of aliphatic carboxylic acids is 1. The monoisotopic (exact) mass is 321 g/mol. The Morgan fingerprint density at radius 2 is 2.26 bits per heavy atom. The molecule has 0 bridgehead atoms. The van der Waals surface area contributed by atoms with Gasteiger partial charge in [-0.3, -0.25) is 4.79 Å². The molecule has 1 saturated heterocycles. The predicted octanol–water partition coefficient (Wildman–Crippen LogP) is 2.30. The number of hydrogen-bond donors (Lipinski definition) is 1. The molecule has 3 rings (SSSR count). The van der Waals surface area contributed by atoms with Crippen LogP contribution in [0.25, 0.3) is 10.9 Å². The molecule has 2 heterocycles. The summed E-state index contributed by atoms with van der Waals surface area (Å²) in [6, 6.07) is 5.84. The van der Waals surface area contributed by atoms with Gasteiger partial charge in [0, 0.05) is 22.9 Å². The molecule has 0 radical (unpaired) electrons. The van der Waals surface area contributed by atoms with E-state index in [1.54, 1.807) is 0 Å². The molecule has 1 aliphatic rings. The number of nitrogens with zero attached hydrogens (tertiary/aromatic N) is 3. The number of halogens is 1. The summed E-state index contributed by atoms with van der Waals surface area (Å²) in [5.41, 5.74) is 0.859. The van der Waals surface area contributed by atoms with E-state index in [9.17, 15) is 4.79 Å². The van der Waals surface area contributed by atoms with Crippen LogP contribution in [0.5, 0.6) is 0 Å². The molecule has 5 nitrogen and oxygen atoms in total. The van der Waals surface area contributed by atoms with Gasteiger partial charge >= 0.3 is 5.97 Å². The molecule has 1 N–H and O–H groups in total. The van der Waals surface area contributed by atoms with Crippen LogP contribution < -0.4 is 4.90 Å². The molecule has 0 saturated carbocycles. The van der Waals surface area contributed by atoms with E-state index in [2.05, 4.69) is 25.9 Å². The molecule has 0 aliphatic carbocycles. The summed E-state index contributed by atoms with van der Waals surface area (Å²) < 4.78 is 0.967. The van der Waals surface area contributed by atoms with Crippen molar-refractivity contribution in [1.82, 2.24) is 9.97 Å². The summed E-state index contributed by atoms with van der Waals surface area (Å²) in [5.74, 6) is -0.217. The minimum atomic E-state index is -0.733. The maximum absolute atomic E-state index is 11.0. The lowest BCUT2D eigenvalue weighted by atomic mass is 10.1. The average Bonchev–Trinajstić information content (AvgIpc) is 2.87. The van der Waals surface area contributed by atoms with Gasteiger partial charge in [0.1, 0.15) is 12.1 Å². The molecule has 0 amide bonds. The second-order valence-corrected chi connectivity index (χ2v) is 5.54. The number of benzene rings is 1. The van der Waals surface area contributed by atoms with Crippen LogP contribution in [-0.4, -0.2) is 34.1 Å². The zero-order chi connectivity index (χ0) is 13.4. The Hall–Kier alpha value is -1.69. The first-order chi connectivity index (χ1) is 9.15. The highest BCUT2D eigenvalue weighted by atomic mass is 79.9. The van der Waals surface area contributed by atoms with Gasteiger partial charge in [-0.25, -0.2) is 9.97 Å². The molecular weight excluding hydrogens is 310 g/mol. The van der Waals surface area contributed by atoms with Crippen molar-refractivity contribution >= 4 is 38.6 Å². The van der Waals surface area contributed by atoms with Crippen LogP contribution >= 0.6 is 15.9 Å². The predicted molar refractivity (Wildman–Crippen MR) is 75.2 cm³/mol. The van der Waals surface area contributed by atoms with Crippen molar-refractivity contribution in [3.05, 3.63) is 29.0 Å². The fourth-order valence-corrected chi connectivity index (χ4v) is 2.77. The van der Waals surface area contributed by atoms with E-state index >= 15 is 0 Å². The van der Waals surface area contributed by atoms with Crippen LogP contribution in [0.4, 0.5) is 5.82 Å². The van der Waals surface area contributed by atoms with Crippen molar-refractivity contribution in [2.75, 3.05) is 18.0 Å². The molecule has 6 heteroatoms. The summed E-state index contributed by atoms with van der Waals surface area (Å²) in [6.07, 6.45) is 2.19. The first kappa shape index (κ1) is 12.3. The van der Waals surface area contributed by atoms with Crippen molar-refractivity contribution in [3.8, 4) is 0 Å². The topological polar surface area (TPSA) is 66.3 Å². The van der Waals surface area contributed by atoms with Gasteiger partial charge in [0.25, 0.3) is 0 Å². The van der Waals surface area contributed by atoms with Crippen LogP contribution in [0.1, 0.15) is 6.42 Å². The maximum Gasteiger partial charge on any atom is 0.308 e. The van der Waals surface area contributed by atoms with E-state index in [1.165, 1.54) is 6.33 Å². The van der Waals surface area contributed by atoms with Crippen LogP contribution in [0.15, 0.2) is 29.0 Å². The van der Waals surface area contributed by atoms with E-state index in [4.69, 9.17) is 5.11 Å². The van der Waals surface area contributed by atoms with Crippen LogP contribution in [0, 0.1) is 5.92 Å². The first-order valence-electron chi connectivity index (χ1n) is 6.03. The van der Waals surface area contributed by atoms with Crippen LogP contribution in [0.3, 0.4) is 0 Å². The number of hydrogen-bond acceptors (Lipinski definition) is 4. The van der Waals surface area contributed by atoms with Gasteiger partial charge in [-0.2, -0.15) is 0 Å². The fraction of sp³-hybridized carbons (Fsp3) is 0.308. The largest absolute Gasteiger partial charge is 0.481 e. The van der Waals surface area contributed by atoms with Gasteiger partial charge in [-0.05, 0) is 24.6 Å². The molecule has 0 spiro atoms. The van der Waals surface area contributed by atoms with Gasteiger partial charge in [0.15, 0.2) is 0 Å². The summed E-state index contributed by atoms with van der Waals surface area (Å²) in [4.78, 5) is 21.6. The maximum atomic E-state index is 11.0. The Balaban J connectivity index is 2.00. The normalized spacial score (nSPS) is 19.0. The fourth-order valence-electron chi connectivity index (χ4n) is 2.42. The average molecular weight is 322 g/mol. The van der Waals surface area contributed by atoms with Crippen LogP contribution in [0.2, 0.25) is 0 Å². The number of carboxylic acids is 1. The van der Waals surface area contributed by atoms with Gasteiger partial charge in [-0.1, -0.05) is 15.9 Å². The summed E-state index contributed by atoms with van der Waals surface area (Å²) >= 11 is 3.42. The Kier molecular flexibility index (Phi) is 3.10. The molecule has 1 aliphatic heterocycles. The lowest BCUT2D eigenvalue weighted by Crippen LogP contribution is -2.23. The zero-order valence-corrected chi connectivity index (χ0v) is 11.7. The molecule has 1 aromatic heterocycles. The Labute approximate surface area is 118 Å². The third-order valence-corrected chi connectivity index (χ3v) is 3.91. The number of carbonyl (C=O) groups is 1. The van der Waals surface area contributed by atoms with Crippen molar-refractivity contribution in [2.45, 2.75) is 6.42 Å². The Morgan fingerprint density at radius 3 is 3.00 bits per heavy atom. The van der Waals surface area contributed by atoms with Crippen molar-refractivity contribution < 1.29 is 9.90 Å². The Bertz CT molecular complexity index is 647. The minimum Gasteiger partial charge on any atom is -0.481 e. The molecule has 19 heavy (non-hydrogen) atoms. The van der Waals surface area contributed by atoms with Gasteiger partial charge < -0.3 is 10.0 Å². The van der Waals surface area contributed by atoms with Gasteiger partial charge in [0.2, 0.25) is 0 Å². The highest BCUT2D eigenvalue weighted by Crippen LogP contribution is 2.29. The molecule has 1 fully saturated rings. The molecule has 1 unspecified atom stereocenters. The van der Waals surface area contributed by atoms with E-state index in [0.29, 0.717) is 13.0 Å². The van der Waals surface area contributed by atoms with E-state index in [1.807, 2.05) is 23.1 Å². The highest BCUT2D eigenvalue weighted by molar-refractivity contribution is 9.10. The van der Waals surface area contributed by atoms with E-state index in [-0.39, 0.29) is 5.92 Å². The third kappa shape index (κ3) is 2.28. The van der Waals surface area contributed by atoms with Crippen LogP contribution in [-0.2, 0) is 4.79 Å². The summed E-state index contributed by atoms with van der Waals surface area (Å²) in [5, 5.41) is 10.0. The van der Waals surface area contributed by atoms with Gasteiger partial charge in [0.05, 0.1) is 11.4 Å². The highest BCUT2D eigenvalue weighted by Gasteiger charge is 2.29. The number of anilines is 1. The van der Waals surface area contributed by atoms with Gasteiger partial charge in [-0.15, -0.1) is 0 Å². The SMILES string of the molecule is O=C(O)C1CCN(c2ncnc3cc(Br)ccc23)C1. The number of aromatic nitrogens is 2. The number of carboxylic acid groups (broad SMARTS) is 1. The van der Waals surface area contributed by atoms with Crippen molar-refractivity contribution in [1.29, 1.82) is 0 Å². The van der Waals surface area contributed by atoms with E-state index < -0.39 is 5.97 Å². The smallest absolute Gasteiger partial charge is 0.308 e.